The Hall–Kier alpha value is -3.03. The summed E-state index contributed by atoms with van der Waals surface area (Å²) >= 11 is 0. The highest BCUT2D eigenvalue weighted by Gasteiger charge is 2.14. The van der Waals surface area contributed by atoms with Gasteiger partial charge in [0, 0.05) is 44.7 Å². The summed E-state index contributed by atoms with van der Waals surface area (Å²) in [6.45, 7) is 5.60. The molecule has 3 aromatic rings. The van der Waals surface area contributed by atoms with Gasteiger partial charge in [0.25, 0.3) is 5.56 Å². The van der Waals surface area contributed by atoms with Gasteiger partial charge in [0.1, 0.15) is 6.54 Å². The van der Waals surface area contributed by atoms with E-state index in [1.165, 1.54) is 10.2 Å². The van der Waals surface area contributed by atoms with Crippen LogP contribution in [-0.2, 0) is 24.4 Å². The van der Waals surface area contributed by atoms with Crippen LogP contribution >= 0.6 is 0 Å². The van der Waals surface area contributed by atoms with Gasteiger partial charge in [0.05, 0.1) is 11.6 Å². The van der Waals surface area contributed by atoms with E-state index in [4.69, 9.17) is 0 Å². The molecule has 0 radical (unpaired) electrons. The van der Waals surface area contributed by atoms with Gasteiger partial charge in [-0.15, -0.1) is 0 Å². The Morgan fingerprint density at radius 2 is 1.80 bits per heavy atom. The minimum absolute atomic E-state index is 0.0926. The first-order chi connectivity index (χ1) is 14.6. The molecule has 1 aromatic heterocycles. The smallest absolute Gasteiger partial charge is 0.275 e. The Balaban J connectivity index is 1.34. The lowest BCUT2D eigenvalue weighted by Crippen LogP contribution is -2.43. The summed E-state index contributed by atoms with van der Waals surface area (Å²) in [5, 5.41) is 8.36. The molecule has 156 valence electrons. The van der Waals surface area contributed by atoms with Crippen molar-refractivity contribution in [3.63, 3.8) is 0 Å². The molecule has 0 aliphatic carbocycles. The number of carbonyl (C=O) groups excluding carboxylic acids is 1. The third kappa shape index (κ3) is 4.93. The molecule has 1 amide bonds. The van der Waals surface area contributed by atoms with Gasteiger partial charge in [0.2, 0.25) is 5.91 Å². The summed E-state index contributed by atoms with van der Waals surface area (Å²) in [5.41, 5.74) is 2.05. The number of hydrogen-bond donors (Lipinski definition) is 1. The molecule has 2 heterocycles. The van der Waals surface area contributed by atoms with Crippen molar-refractivity contribution in [1.82, 2.24) is 24.9 Å². The van der Waals surface area contributed by atoms with Gasteiger partial charge in [-0.25, -0.2) is 4.68 Å². The monoisotopic (exact) mass is 405 g/mol. The number of benzene rings is 2. The van der Waals surface area contributed by atoms with E-state index in [0.29, 0.717) is 11.9 Å². The number of piperazine rings is 1. The molecule has 0 bridgehead atoms. The molecular weight excluding hydrogens is 378 g/mol. The fourth-order valence-electron chi connectivity index (χ4n) is 3.74. The maximum absolute atomic E-state index is 12.5. The van der Waals surface area contributed by atoms with E-state index < -0.39 is 0 Å². The van der Waals surface area contributed by atoms with Crippen molar-refractivity contribution < 1.29 is 4.79 Å². The lowest BCUT2D eigenvalue weighted by atomic mass is 10.1. The third-order valence-corrected chi connectivity index (χ3v) is 5.54. The van der Waals surface area contributed by atoms with Crippen molar-refractivity contribution in [2.45, 2.75) is 19.6 Å². The number of amides is 1. The topological polar surface area (TPSA) is 70.5 Å². The summed E-state index contributed by atoms with van der Waals surface area (Å²) in [4.78, 5) is 29.7. The molecule has 30 heavy (non-hydrogen) atoms. The number of nitrogens with zero attached hydrogens (tertiary/aromatic N) is 4. The molecule has 0 saturated carbocycles. The summed E-state index contributed by atoms with van der Waals surface area (Å²) < 4.78 is 1.21. The molecule has 7 nitrogen and oxygen atoms in total. The van der Waals surface area contributed by atoms with Crippen LogP contribution in [0.25, 0.3) is 10.8 Å². The number of carbonyl (C=O) groups is 1. The van der Waals surface area contributed by atoms with E-state index in [0.717, 1.165) is 43.7 Å². The SMILES string of the molecule is CN1CCN(Cc2cccc(CNC(=O)Cn3ncc4ccccc4c3=O)c2)CC1. The van der Waals surface area contributed by atoms with E-state index >= 15 is 0 Å². The second-order valence-corrected chi connectivity index (χ2v) is 7.87. The van der Waals surface area contributed by atoms with Crippen molar-refractivity contribution in [3.8, 4) is 0 Å². The summed E-state index contributed by atoms with van der Waals surface area (Å²) in [7, 11) is 2.15. The van der Waals surface area contributed by atoms with Gasteiger partial charge in [-0.2, -0.15) is 5.10 Å². The van der Waals surface area contributed by atoms with Crippen LogP contribution < -0.4 is 10.9 Å². The standard InChI is InChI=1S/C23H27N5O2/c1-26-9-11-27(12-10-26)16-19-6-4-5-18(13-19)14-24-22(29)17-28-23(30)21-8-3-2-7-20(21)15-25-28/h2-8,13,15H,9-12,14,16-17H2,1H3,(H,24,29). The van der Waals surface area contributed by atoms with Crippen molar-refractivity contribution in [2.75, 3.05) is 33.2 Å². The second-order valence-electron chi connectivity index (χ2n) is 7.87. The highest BCUT2D eigenvalue weighted by atomic mass is 16.2. The normalized spacial score (nSPS) is 15.4. The molecule has 4 rings (SSSR count). The molecule has 1 saturated heterocycles. The number of hydrogen-bond acceptors (Lipinski definition) is 5. The van der Waals surface area contributed by atoms with Crippen molar-refractivity contribution in [1.29, 1.82) is 0 Å². The average Bonchev–Trinajstić information content (AvgIpc) is 2.76. The fraction of sp³-hybridized carbons (Fsp3) is 0.348. The van der Waals surface area contributed by atoms with E-state index in [-0.39, 0.29) is 18.0 Å². The van der Waals surface area contributed by atoms with Crippen LogP contribution in [0.15, 0.2) is 59.5 Å². The van der Waals surface area contributed by atoms with Gasteiger partial charge in [0.15, 0.2) is 0 Å². The van der Waals surface area contributed by atoms with Crippen molar-refractivity contribution >= 4 is 16.7 Å². The largest absolute Gasteiger partial charge is 0.350 e. The lowest BCUT2D eigenvalue weighted by Gasteiger charge is -2.32. The van der Waals surface area contributed by atoms with Crippen LogP contribution in [0.5, 0.6) is 0 Å². The predicted molar refractivity (Wildman–Crippen MR) is 117 cm³/mol. The quantitative estimate of drug-likeness (QED) is 0.672. The van der Waals surface area contributed by atoms with Gasteiger partial charge in [-0.05, 0) is 24.2 Å². The third-order valence-electron chi connectivity index (χ3n) is 5.54. The Morgan fingerprint density at radius 1 is 1.03 bits per heavy atom. The first-order valence-electron chi connectivity index (χ1n) is 10.3. The maximum atomic E-state index is 12.5. The van der Waals surface area contributed by atoms with Crippen LogP contribution in [0.2, 0.25) is 0 Å². The van der Waals surface area contributed by atoms with E-state index in [9.17, 15) is 9.59 Å². The Morgan fingerprint density at radius 3 is 2.63 bits per heavy atom. The summed E-state index contributed by atoms with van der Waals surface area (Å²) in [6.07, 6.45) is 1.62. The molecule has 7 heteroatoms. The molecule has 1 aliphatic heterocycles. The average molecular weight is 406 g/mol. The fourth-order valence-corrected chi connectivity index (χ4v) is 3.74. The highest BCUT2D eigenvalue weighted by molar-refractivity contribution is 5.81. The molecule has 1 aliphatic rings. The predicted octanol–water partition coefficient (Wildman–Crippen LogP) is 1.46. The zero-order valence-electron chi connectivity index (χ0n) is 17.3. The number of aromatic nitrogens is 2. The molecule has 0 unspecified atom stereocenters. The zero-order valence-corrected chi connectivity index (χ0v) is 17.3. The lowest BCUT2D eigenvalue weighted by molar-refractivity contribution is -0.122. The molecular formula is C23H27N5O2. The van der Waals surface area contributed by atoms with Gasteiger partial charge in [-0.1, -0.05) is 42.5 Å². The second kappa shape index (κ2) is 9.19. The van der Waals surface area contributed by atoms with Gasteiger partial charge >= 0.3 is 0 Å². The van der Waals surface area contributed by atoms with Crippen LogP contribution in [0.4, 0.5) is 0 Å². The molecule has 1 fully saturated rings. The number of likely N-dealkylation sites (N-methyl/N-ethyl adjacent to an activating group) is 1. The van der Waals surface area contributed by atoms with E-state index in [1.54, 1.807) is 12.3 Å². The molecule has 1 N–H and O–H groups in total. The highest BCUT2D eigenvalue weighted by Crippen LogP contribution is 2.11. The number of fused-ring (bicyclic) bond motifs is 1. The van der Waals surface area contributed by atoms with Crippen LogP contribution in [0, 0.1) is 0 Å². The summed E-state index contributed by atoms with van der Waals surface area (Å²) in [5.74, 6) is -0.232. The maximum Gasteiger partial charge on any atom is 0.275 e. The molecule has 0 spiro atoms. The Labute approximate surface area is 175 Å². The Bertz CT molecular complexity index is 1090. The number of rotatable bonds is 6. The number of nitrogens with one attached hydrogen (secondary N) is 1. The summed E-state index contributed by atoms with van der Waals surface area (Å²) in [6, 6.07) is 15.6. The van der Waals surface area contributed by atoms with Crippen LogP contribution in [-0.4, -0.2) is 58.7 Å². The van der Waals surface area contributed by atoms with Gasteiger partial charge < -0.3 is 10.2 Å². The minimum Gasteiger partial charge on any atom is -0.350 e. The first kappa shape index (κ1) is 20.3. The van der Waals surface area contributed by atoms with Crippen molar-refractivity contribution in [3.05, 3.63) is 76.2 Å². The van der Waals surface area contributed by atoms with E-state index in [1.807, 2.05) is 30.3 Å². The molecule has 0 atom stereocenters. The zero-order chi connectivity index (χ0) is 20.9. The Kier molecular flexibility index (Phi) is 6.21. The molecule has 2 aromatic carbocycles. The van der Waals surface area contributed by atoms with Gasteiger partial charge in [-0.3, -0.25) is 14.5 Å². The minimum atomic E-state index is -0.252. The van der Waals surface area contributed by atoms with Crippen LogP contribution in [0.3, 0.4) is 0 Å². The van der Waals surface area contributed by atoms with Crippen LogP contribution in [0.1, 0.15) is 11.1 Å². The van der Waals surface area contributed by atoms with Crippen molar-refractivity contribution in [2.24, 2.45) is 0 Å². The van der Waals surface area contributed by atoms with E-state index in [2.05, 4.69) is 39.4 Å². The first-order valence-corrected chi connectivity index (χ1v) is 10.3.